The summed E-state index contributed by atoms with van der Waals surface area (Å²) in [6, 6.07) is 6.06. The summed E-state index contributed by atoms with van der Waals surface area (Å²) in [6.45, 7) is 9.06. The molecule has 0 spiro atoms. The van der Waals surface area contributed by atoms with Crippen molar-refractivity contribution in [3.63, 3.8) is 0 Å². The van der Waals surface area contributed by atoms with Gasteiger partial charge in [-0.2, -0.15) is 4.98 Å². The summed E-state index contributed by atoms with van der Waals surface area (Å²) < 4.78 is 17.2. The van der Waals surface area contributed by atoms with Crippen LogP contribution in [-0.2, 0) is 9.53 Å². The Morgan fingerprint density at radius 2 is 2.00 bits per heavy atom. The van der Waals surface area contributed by atoms with E-state index in [0.717, 1.165) is 36.8 Å². The molecule has 0 radical (unpaired) electrons. The summed E-state index contributed by atoms with van der Waals surface area (Å²) >= 11 is 0. The predicted octanol–water partition coefficient (Wildman–Crippen LogP) is 3.76. The number of benzene rings is 1. The van der Waals surface area contributed by atoms with Gasteiger partial charge in [-0.3, -0.25) is 9.69 Å². The van der Waals surface area contributed by atoms with E-state index in [1.54, 1.807) is 32.1 Å². The van der Waals surface area contributed by atoms with Gasteiger partial charge in [-0.25, -0.2) is 4.98 Å². The van der Waals surface area contributed by atoms with Gasteiger partial charge in [-0.1, -0.05) is 6.92 Å². The van der Waals surface area contributed by atoms with Crippen molar-refractivity contribution in [3.8, 4) is 11.5 Å². The molecule has 3 aliphatic heterocycles. The van der Waals surface area contributed by atoms with Crippen LogP contribution in [0, 0.1) is 5.92 Å². The Hall–Kier alpha value is -3.07. The first-order chi connectivity index (χ1) is 16.4. The van der Waals surface area contributed by atoms with Crippen molar-refractivity contribution in [1.82, 2.24) is 9.97 Å². The molecule has 182 valence electrons. The highest BCUT2D eigenvalue weighted by Crippen LogP contribution is 2.40. The van der Waals surface area contributed by atoms with Crippen molar-refractivity contribution in [2.45, 2.75) is 51.7 Å². The van der Waals surface area contributed by atoms with E-state index in [9.17, 15) is 4.79 Å². The molecule has 5 rings (SSSR count). The van der Waals surface area contributed by atoms with Crippen LogP contribution in [0.15, 0.2) is 24.4 Å². The molecule has 9 nitrogen and oxygen atoms in total. The highest BCUT2D eigenvalue weighted by atomic mass is 16.5. The van der Waals surface area contributed by atoms with Crippen LogP contribution in [0.4, 0.5) is 23.1 Å². The summed E-state index contributed by atoms with van der Waals surface area (Å²) in [4.78, 5) is 26.5. The van der Waals surface area contributed by atoms with E-state index in [0.29, 0.717) is 36.5 Å². The van der Waals surface area contributed by atoms with Gasteiger partial charge in [0.05, 0.1) is 31.6 Å². The SMILES string of the molecule is COc1cc(N2CCC(C)CC2)ccc1Nc1ncc2c(n1)N(C1CCOC1)C(=O)C(C)(C)O2. The molecule has 1 unspecified atom stereocenters. The van der Waals surface area contributed by atoms with Crippen LogP contribution in [0.25, 0.3) is 0 Å². The number of methoxy groups -OCH3 is 1. The van der Waals surface area contributed by atoms with Gasteiger partial charge in [0, 0.05) is 31.5 Å². The molecule has 0 bridgehead atoms. The summed E-state index contributed by atoms with van der Waals surface area (Å²) in [5, 5.41) is 3.27. The van der Waals surface area contributed by atoms with Crippen LogP contribution < -0.4 is 24.6 Å². The molecule has 1 N–H and O–H groups in total. The molecule has 1 aromatic heterocycles. The third-order valence-electron chi connectivity index (χ3n) is 6.91. The molecular formula is C25H33N5O4. The van der Waals surface area contributed by atoms with Crippen molar-refractivity contribution in [3.05, 3.63) is 24.4 Å². The minimum Gasteiger partial charge on any atom is -0.494 e. The number of carbonyl (C=O) groups excluding carboxylic acids is 1. The second-order valence-electron chi connectivity index (χ2n) is 9.87. The van der Waals surface area contributed by atoms with Crippen LogP contribution in [0.3, 0.4) is 0 Å². The lowest BCUT2D eigenvalue weighted by Gasteiger charge is -2.40. The topological polar surface area (TPSA) is 89.0 Å². The van der Waals surface area contributed by atoms with Crippen LogP contribution in [0.5, 0.6) is 11.5 Å². The zero-order valence-electron chi connectivity index (χ0n) is 20.3. The molecular weight excluding hydrogens is 434 g/mol. The summed E-state index contributed by atoms with van der Waals surface area (Å²) in [6.07, 6.45) is 4.78. The van der Waals surface area contributed by atoms with Crippen LogP contribution in [0.2, 0.25) is 0 Å². The van der Waals surface area contributed by atoms with Crippen molar-refractivity contribution in [2.24, 2.45) is 5.92 Å². The predicted molar refractivity (Wildman–Crippen MR) is 130 cm³/mol. The van der Waals surface area contributed by atoms with E-state index in [-0.39, 0.29) is 11.9 Å². The van der Waals surface area contributed by atoms with Gasteiger partial charge in [0.15, 0.2) is 17.2 Å². The smallest absolute Gasteiger partial charge is 0.272 e. The van der Waals surface area contributed by atoms with Crippen molar-refractivity contribution >= 4 is 29.0 Å². The Balaban J connectivity index is 1.42. The number of piperidine rings is 1. The van der Waals surface area contributed by atoms with Crippen molar-refractivity contribution < 1.29 is 19.0 Å². The fourth-order valence-electron chi connectivity index (χ4n) is 4.80. The minimum absolute atomic E-state index is 0.0711. The lowest BCUT2D eigenvalue weighted by molar-refractivity contribution is -0.133. The lowest BCUT2D eigenvalue weighted by Crippen LogP contribution is -2.56. The fraction of sp³-hybridized carbons (Fsp3) is 0.560. The molecule has 2 aromatic rings. The van der Waals surface area contributed by atoms with Crippen LogP contribution >= 0.6 is 0 Å². The zero-order chi connectivity index (χ0) is 23.9. The Labute approximate surface area is 200 Å². The number of amides is 1. The van der Waals surface area contributed by atoms with Crippen molar-refractivity contribution in [1.29, 1.82) is 0 Å². The second-order valence-corrected chi connectivity index (χ2v) is 9.87. The average molecular weight is 468 g/mol. The van der Waals surface area contributed by atoms with Gasteiger partial charge in [-0.15, -0.1) is 0 Å². The van der Waals surface area contributed by atoms with E-state index < -0.39 is 5.60 Å². The molecule has 0 saturated carbocycles. The Bertz CT molecular complexity index is 1060. The first-order valence-electron chi connectivity index (χ1n) is 12.0. The van der Waals surface area contributed by atoms with Gasteiger partial charge in [0.1, 0.15) is 5.75 Å². The number of fused-ring (bicyclic) bond motifs is 1. The summed E-state index contributed by atoms with van der Waals surface area (Å²) in [7, 11) is 1.66. The molecule has 3 aliphatic rings. The number of rotatable bonds is 5. The number of ether oxygens (including phenoxy) is 3. The number of anilines is 4. The number of nitrogens with zero attached hydrogens (tertiary/aromatic N) is 4. The maximum Gasteiger partial charge on any atom is 0.272 e. The first-order valence-corrected chi connectivity index (χ1v) is 12.0. The lowest BCUT2D eigenvalue weighted by atomic mass is 9.99. The maximum atomic E-state index is 13.2. The third kappa shape index (κ3) is 4.24. The Kier molecular flexibility index (Phi) is 5.97. The summed E-state index contributed by atoms with van der Waals surface area (Å²) in [5.41, 5.74) is 0.921. The van der Waals surface area contributed by atoms with Crippen LogP contribution in [0.1, 0.15) is 40.0 Å². The standard InChI is InChI=1S/C25H33N5O4/c1-16-7-10-29(11-8-16)17-5-6-19(20(13-17)32-4)27-24-26-14-21-22(28-24)30(18-9-12-33-15-18)23(31)25(2,3)34-21/h5-6,13-14,16,18H,7-12,15H2,1-4H3,(H,26,27,28). The van der Waals surface area contributed by atoms with E-state index >= 15 is 0 Å². The molecule has 2 fully saturated rings. The van der Waals surface area contributed by atoms with Crippen molar-refractivity contribution in [2.75, 3.05) is 48.5 Å². The molecule has 1 atom stereocenters. The monoisotopic (exact) mass is 467 g/mol. The number of hydrogen-bond acceptors (Lipinski definition) is 8. The number of carbonyl (C=O) groups is 1. The second kappa shape index (κ2) is 8.94. The van der Waals surface area contributed by atoms with E-state index in [4.69, 9.17) is 14.2 Å². The largest absolute Gasteiger partial charge is 0.494 e. The highest BCUT2D eigenvalue weighted by molar-refractivity contribution is 6.02. The quantitative estimate of drug-likeness (QED) is 0.711. The zero-order valence-corrected chi connectivity index (χ0v) is 20.3. The van der Waals surface area contributed by atoms with Gasteiger partial charge < -0.3 is 24.4 Å². The first kappa shape index (κ1) is 22.7. The molecule has 0 aliphatic carbocycles. The minimum atomic E-state index is -0.987. The molecule has 2 saturated heterocycles. The third-order valence-corrected chi connectivity index (χ3v) is 6.91. The Morgan fingerprint density at radius 3 is 2.71 bits per heavy atom. The van der Waals surface area contributed by atoms with Crippen LogP contribution in [-0.4, -0.2) is 60.9 Å². The normalized spacial score (nSPS) is 22.4. The van der Waals surface area contributed by atoms with Gasteiger partial charge in [-0.05, 0) is 51.2 Å². The molecule has 34 heavy (non-hydrogen) atoms. The van der Waals surface area contributed by atoms with E-state index in [1.807, 2.05) is 12.1 Å². The maximum absolute atomic E-state index is 13.2. The molecule has 9 heteroatoms. The molecule has 1 amide bonds. The fourth-order valence-corrected chi connectivity index (χ4v) is 4.80. The summed E-state index contributed by atoms with van der Waals surface area (Å²) in [5.74, 6) is 2.69. The van der Waals surface area contributed by atoms with Gasteiger partial charge in [0.25, 0.3) is 5.91 Å². The average Bonchev–Trinajstić information content (AvgIpc) is 3.35. The number of nitrogens with one attached hydrogen (secondary N) is 1. The van der Waals surface area contributed by atoms with Gasteiger partial charge in [0.2, 0.25) is 5.95 Å². The highest BCUT2D eigenvalue weighted by Gasteiger charge is 2.45. The number of hydrogen-bond donors (Lipinski definition) is 1. The van der Waals surface area contributed by atoms with E-state index in [2.05, 4.69) is 33.2 Å². The van der Waals surface area contributed by atoms with Gasteiger partial charge >= 0.3 is 0 Å². The molecule has 1 aromatic carbocycles. The Morgan fingerprint density at radius 1 is 1.21 bits per heavy atom. The van der Waals surface area contributed by atoms with E-state index in [1.165, 1.54) is 12.8 Å². The number of aromatic nitrogens is 2. The molecule has 4 heterocycles.